The quantitative estimate of drug-likeness (QED) is 0.769. The van der Waals surface area contributed by atoms with E-state index in [0.29, 0.717) is 0 Å². The van der Waals surface area contributed by atoms with Crippen molar-refractivity contribution >= 4 is 5.82 Å². The van der Waals surface area contributed by atoms with E-state index in [9.17, 15) is 0 Å². The van der Waals surface area contributed by atoms with Crippen LogP contribution in [0.25, 0.3) is 0 Å². The summed E-state index contributed by atoms with van der Waals surface area (Å²) in [5, 5.41) is 8.33. The van der Waals surface area contributed by atoms with Gasteiger partial charge in [0.2, 0.25) is 0 Å². The summed E-state index contributed by atoms with van der Waals surface area (Å²) in [4.78, 5) is 4.83. The zero-order valence-electron chi connectivity index (χ0n) is 10.2. The summed E-state index contributed by atoms with van der Waals surface area (Å²) in [6, 6.07) is 4.10. The number of piperazine rings is 1. The lowest BCUT2D eigenvalue weighted by atomic mass is 10.3. The minimum atomic E-state index is 0.980. The van der Waals surface area contributed by atoms with Gasteiger partial charge in [0.25, 0.3) is 0 Å². The fourth-order valence-electron chi connectivity index (χ4n) is 2.08. The van der Waals surface area contributed by atoms with Gasteiger partial charge in [-0.2, -0.15) is 5.10 Å². The maximum Gasteiger partial charge on any atom is 0.151 e. The van der Waals surface area contributed by atoms with Gasteiger partial charge in [-0.15, -0.1) is 5.10 Å². The van der Waals surface area contributed by atoms with Gasteiger partial charge in [-0.1, -0.05) is 6.92 Å². The first-order valence-electron chi connectivity index (χ1n) is 6.07. The highest BCUT2D eigenvalue weighted by atomic mass is 15.3. The summed E-state index contributed by atoms with van der Waals surface area (Å²) in [5.74, 6) is 1.02. The van der Waals surface area contributed by atoms with Gasteiger partial charge in [-0.05, 0) is 32.0 Å². The first kappa shape index (κ1) is 11.3. The molecule has 0 saturated carbocycles. The average Bonchev–Trinajstić information content (AvgIpc) is 2.32. The lowest BCUT2D eigenvalue weighted by molar-refractivity contribution is 0.258. The normalized spacial score (nSPS) is 17.8. The highest BCUT2D eigenvalue weighted by Crippen LogP contribution is 2.12. The lowest BCUT2D eigenvalue weighted by Crippen LogP contribution is -2.46. The van der Waals surface area contributed by atoms with Crippen molar-refractivity contribution in [1.82, 2.24) is 15.1 Å². The minimum absolute atomic E-state index is 0.980. The third-order valence-corrected chi connectivity index (χ3v) is 3.02. The number of nitrogens with zero attached hydrogens (tertiary/aromatic N) is 4. The number of rotatable bonds is 3. The Hall–Kier alpha value is -1.16. The van der Waals surface area contributed by atoms with E-state index in [1.54, 1.807) is 0 Å². The van der Waals surface area contributed by atoms with Crippen LogP contribution in [0.4, 0.5) is 5.82 Å². The van der Waals surface area contributed by atoms with E-state index in [4.69, 9.17) is 0 Å². The molecule has 2 rings (SSSR count). The van der Waals surface area contributed by atoms with E-state index in [-0.39, 0.29) is 0 Å². The Morgan fingerprint density at radius 3 is 2.44 bits per heavy atom. The van der Waals surface area contributed by atoms with Crippen LogP contribution in [-0.2, 0) is 0 Å². The van der Waals surface area contributed by atoms with Gasteiger partial charge in [0.05, 0.1) is 5.69 Å². The maximum atomic E-state index is 4.23. The second-order valence-corrected chi connectivity index (χ2v) is 4.36. The summed E-state index contributed by atoms with van der Waals surface area (Å²) in [5.41, 5.74) is 0.980. The van der Waals surface area contributed by atoms with E-state index in [0.717, 1.165) is 37.7 Å². The van der Waals surface area contributed by atoms with E-state index in [1.807, 2.05) is 13.0 Å². The zero-order valence-corrected chi connectivity index (χ0v) is 10.2. The Bertz CT molecular complexity index is 314. The first-order valence-corrected chi connectivity index (χ1v) is 6.07. The van der Waals surface area contributed by atoms with Crippen LogP contribution in [0.15, 0.2) is 12.1 Å². The zero-order chi connectivity index (χ0) is 11.4. The molecule has 4 nitrogen and oxygen atoms in total. The van der Waals surface area contributed by atoms with E-state index in [2.05, 4.69) is 33.0 Å². The second kappa shape index (κ2) is 5.25. The highest BCUT2D eigenvalue weighted by Gasteiger charge is 2.17. The van der Waals surface area contributed by atoms with Crippen molar-refractivity contribution in [3.8, 4) is 0 Å². The lowest BCUT2D eigenvalue weighted by Gasteiger charge is -2.34. The fraction of sp³-hybridized carbons (Fsp3) is 0.667. The largest absolute Gasteiger partial charge is 0.353 e. The SMILES string of the molecule is CCCN1CCN(c2ccc(C)nn2)CC1. The van der Waals surface area contributed by atoms with Gasteiger partial charge in [-0.25, -0.2) is 0 Å². The predicted molar refractivity (Wildman–Crippen MR) is 65.7 cm³/mol. The van der Waals surface area contributed by atoms with Crippen LogP contribution >= 0.6 is 0 Å². The molecule has 0 amide bonds. The molecule has 1 aliphatic rings. The molecule has 1 aromatic heterocycles. The fourth-order valence-corrected chi connectivity index (χ4v) is 2.08. The van der Waals surface area contributed by atoms with Crippen LogP contribution in [0, 0.1) is 6.92 Å². The van der Waals surface area contributed by atoms with Crippen LogP contribution < -0.4 is 4.90 Å². The Labute approximate surface area is 97.3 Å². The molecular weight excluding hydrogens is 200 g/mol. The van der Waals surface area contributed by atoms with Gasteiger partial charge in [0.1, 0.15) is 0 Å². The monoisotopic (exact) mass is 220 g/mol. The molecule has 0 spiro atoms. The topological polar surface area (TPSA) is 32.3 Å². The highest BCUT2D eigenvalue weighted by molar-refractivity contribution is 5.37. The molecule has 0 atom stereocenters. The minimum Gasteiger partial charge on any atom is -0.353 e. The van der Waals surface area contributed by atoms with E-state index >= 15 is 0 Å². The number of hydrogen-bond acceptors (Lipinski definition) is 4. The van der Waals surface area contributed by atoms with Crippen molar-refractivity contribution in [2.75, 3.05) is 37.6 Å². The molecule has 4 heteroatoms. The molecular formula is C12H20N4. The van der Waals surface area contributed by atoms with E-state index in [1.165, 1.54) is 13.0 Å². The summed E-state index contributed by atoms with van der Waals surface area (Å²) in [7, 11) is 0. The Morgan fingerprint density at radius 2 is 1.88 bits per heavy atom. The molecule has 0 N–H and O–H groups in total. The number of anilines is 1. The van der Waals surface area contributed by atoms with Crippen molar-refractivity contribution in [3.63, 3.8) is 0 Å². The van der Waals surface area contributed by atoms with Crippen molar-refractivity contribution in [3.05, 3.63) is 17.8 Å². The van der Waals surface area contributed by atoms with Crippen LogP contribution in [-0.4, -0.2) is 47.8 Å². The van der Waals surface area contributed by atoms with E-state index < -0.39 is 0 Å². The summed E-state index contributed by atoms with van der Waals surface area (Å²) >= 11 is 0. The molecule has 1 aromatic rings. The van der Waals surface area contributed by atoms with Gasteiger partial charge in [-0.3, -0.25) is 4.90 Å². The molecule has 1 aliphatic heterocycles. The molecule has 0 aliphatic carbocycles. The molecule has 1 saturated heterocycles. The molecule has 0 unspecified atom stereocenters. The predicted octanol–water partition coefficient (Wildman–Crippen LogP) is 1.32. The van der Waals surface area contributed by atoms with Crippen molar-refractivity contribution in [2.45, 2.75) is 20.3 Å². The smallest absolute Gasteiger partial charge is 0.151 e. The Balaban J connectivity index is 1.91. The van der Waals surface area contributed by atoms with Gasteiger partial charge < -0.3 is 4.90 Å². The summed E-state index contributed by atoms with van der Waals surface area (Å²) in [6.45, 7) is 9.84. The molecule has 88 valence electrons. The molecule has 0 radical (unpaired) electrons. The summed E-state index contributed by atoms with van der Waals surface area (Å²) in [6.07, 6.45) is 1.24. The third-order valence-electron chi connectivity index (χ3n) is 3.02. The number of aryl methyl sites for hydroxylation is 1. The average molecular weight is 220 g/mol. The third kappa shape index (κ3) is 2.70. The van der Waals surface area contributed by atoms with Crippen LogP contribution in [0.1, 0.15) is 19.0 Å². The maximum absolute atomic E-state index is 4.23. The van der Waals surface area contributed by atoms with Crippen molar-refractivity contribution < 1.29 is 0 Å². The molecule has 16 heavy (non-hydrogen) atoms. The summed E-state index contributed by atoms with van der Waals surface area (Å²) < 4.78 is 0. The molecule has 0 aromatic carbocycles. The van der Waals surface area contributed by atoms with Gasteiger partial charge >= 0.3 is 0 Å². The molecule has 1 fully saturated rings. The van der Waals surface area contributed by atoms with Crippen LogP contribution in [0.5, 0.6) is 0 Å². The second-order valence-electron chi connectivity index (χ2n) is 4.36. The first-order chi connectivity index (χ1) is 7.79. The van der Waals surface area contributed by atoms with Crippen LogP contribution in [0.3, 0.4) is 0 Å². The molecule has 2 heterocycles. The number of aromatic nitrogens is 2. The Kier molecular flexibility index (Phi) is 3.72. The van der Waals surface area contributed by atoms with Crippen LogP contribution in [0.2, 0.25) is 0 Å². The van der Waals surface area contributed by atoms with Crippen molar-refractivity contribution in [1.29, 1.82) is 0 Å². The number of hydrogen-bond donors (Lipinski definition) is 0. The standard InChI is InChI=1S/C12H20N4/c1-3-6-15-7-9-16(10-8-15)12-5-4-11(2)13-14-12/h4-5H,3,6-10H2,1-2H3. The van der Waals surface area contributed by atoms with Crippen molar-refractivity contribution in [2.24, 2.45) is 0 Å². The Morgan fingerprint density at radius 1 is 1.12 bits per heavy atom. The molecule has 0 bridgehead atoms. The van der Waals surface area contributed by atoms with Gasteiger partial charge in [0, 0.05) is 26.2 Å². The van der Waals surface area contributed by atoms with Gasteiger partial charge in [0.15, 0.2) is 5.82 Å².